The fourth-order valence-electron chi connectivity index (χ4n) is 3.78. The number of nitrogens with one attached hydrogen (secondary N) is 1. The smallest absolute Gasteiger partial charge is 0.220 e. The van der Waals surface area contributed by atoms with Crippen molar-refractivity contribution in [2.24, 2.45) is 0 Å². The highest BCUT2D eigenvalue weighted by Gasteiger charge is 2.05. The second kappa shape index (κ2) is 18.1. The third-order valence-corrected chi connectivity index (χ3v) is 5.74. The minimum atomic E-state index is 0.0942. The predicted octanol–water partition coefficient (Wildman–Crippen LogP) is 7.28. The molecule has 2 N–H and O–H groups in total. The van der Waals surface area contributed by atoms with Gasteiger partial charge < -0.3 is 15.2 Å². The van der Waals surface area contributed by atoms with E-state index in [4.69, 9.17) is 4.74 Å². The van der Waals surface area contributed by atoms with Crippen LogP contribution >= 0.6 is 0 Å². The number of unbranched alkanes of at least 4 members (excludes halogenated alkanes) is 14. The number of phenolic OH excluding ortho intramolecular Hbond substituents is 1. The van der Waals surface area contributed by atoms with Crippen molar-refractivity contribution in [2.75, 3.05) is 7.11 Å². The van der Waals surface area contributed by atoms with Gasteiger partial charge in [-0.2, -0.15) is 0 Å². The van der Waals surface area contributed by atoms with Crippen LogP contribution in [0.5, 0.6) is 11.5 Å². The standard InChI is InChI=1S/C26H45NO3/c1-3-4-5-6-7-8-9-10-11-12-13-14-15-16-17-18-26(29)27-22-23-19-20-24(28)25(21-23)30-2/h19-21,28H,3-18,22H2,1-2H3,(H,27,29). The lowest BCUT2D eigenvalue weighted by atomic mass is 10.0. The molecule has 1 aromatic rings. The summed E-state index contributed by atoms with van der Waals surface area (Å²) in [6.45, 7) is 2.74. The fraction of sp³-hybridized carbons (Fsp3) is 0.731. The van der Waals surface area contributed by atoms with E-state index in [9.17, 15) is 9.90 Å². The largest absolute Gasteiger partial charge is 0.504 e. The van der Waals surface area contributed by atoms with Gasteiger partial charge in [-0.25, -0.2) is 0 Å². The maximum Gasteiger partial charge on any atom is 0.220 e. The van der Waals surface area contributed by atoms with Crippen LogP contribution in [0.25, 0.3) is 0 Å². The molecule has 0 atom stereocenters. The first-order chi connectivity index (χ1) is 14.7. The SMILES string of the molecule is CCCCCCCCCCCCCCCCCC(=O)NCc1ccc(O)c(OC)c1. The average Bonchev–Trinajstić information content (AvgIpc) is 2.75. The van der Waals surface area contributed by atoms with Crippen molar-refractivity contribution in [2.45, 2.75) is 116 Å². The Morgan fingerprint density at radius 1 is 0.833 bits per heavy atom. The molecule has 1 aromatic carbocycles. The first-order valence-electron chi connectivity index (χ1n) is 12.3. The van der Waals surface area contributed by atoms with Crippen molar-refractivity contribution in [3.8, 4) is 11.5 Å². The average molecular weight is 420 g/mol. The minimum Gasteiger partial charge on any atom is -0.504 e. The number of amides is 1. The van der Waals surface area contributed by atoms with E-state index in [1.807, 2.05) is 0 Å². The van der Waals surface area contributed by atoms with Crippen LogP contribution in [0.1, 0.15) is 115 Å². The van der Waals surface area contributed by atoms with Gasteiger partial charge in [0.1, 0.15) is 0 Å². The zero-order chi connectivity index (χ0) is 21.9. The molecule has 0 saturated carbocycles. The molecule has 0 bridgehead atoms. The summed E-state index contributed by atoms with van der Waals surface area (Å²) in [4.78, 5) is 12.0. The van der Waals surface area contributed by atoms with Crippen LogP contribution in [0.15, 0.2) is 18.2 Å². The Kier molecular flexibility index (Phi) is 15.9. The first-order valence-corrected chi connectivity index (χ1v) is 12.3. The zero-order valence-electron chi connectivity index (χ0n) is 19.5. The molecule has 4 nitrogen and oxygen atoms in total. The molecular weight excluding hydrogens is 374 g/mol. The van der Waals surface area contributed by atoms with Crippen molar-refractivity contribution in [3.05, 3.63) is 23.8 Å². The highest BCUT2D eigenvalue weighted by Crippen LogP contribution is 2.26. The molecule has 0 fully saturated rings. The summed E-state index contributed by atoms with van der Waals surface area (Å²) in [5.74, 6) is 0.645. The highest BCUT2D eigenvalue weighted by molar-refractivity contribution is 5.75. The van der Waals surface area contributed by atoms with E-state index in [1.54, 1.807) is 18.2 Å². The van der Waals surface area contributed by atoms with Crippen molar-refractivity contribution >= 4 is 5.91 Å². The lowest BCUT2D eigenvalue weighted by molar-refractivity contribution is -0.121. The van der Waals surface area contributed by atoms with E-state index in [1.165, 1.54) is 90.6 Å². The number of benzene rings is 1. The Hall–Kier alpha value is -1.71. The van der Waals surface area contributed by atoms with Gasteiger partial charge in [0.15, 0.2) is 11.5 Å². The van der Waals surface area contributed by atoms with Gasteiger partial charge in [0.05, 0.1) is 7.11 Å². The number of phenols is 1. The monoisotopic (exact) mass is 419 g/mol. The molecule has 0 heterocycles. The summed E-state index contributed by atoms with van der Waals surface area (Å²) in [6.07, 6.45) is 20.6. The molecule has 1 amide bonds. The lowest BCUT2D eigenvalue weighted by Gasteiger charge is -2.08. The van der Waals surface area contributed by atoms with Crippen LogP contribution < -0.4 is 10.1 Å². The number of carbonyl (C=O) groups excluding carboxylic acids is 1. The van der Waals surface area contributed by atoms with Crippen molar-refractivity contribution in [1.29, 1.82) is 0 Å². The van der Waals surface area contributed by atoms with Crippen molar-refractivity contribution in [1.82, 2.24) is 5.32 Å². The van der Waals surface area contributed by atoms with Gasteiger partial charge in [-0.15, -0.1) is 0 Å². The van der Waals surface area contributed by atoms with Crippen LogP contribution in [0.2, 0.25) is 0 Å². The quantitative estimate of drug-likeness (QED) is 0.232. The Balaban J connectivity index is 1.88. The number of aromatic hydroxyl groups is 1. The maximum absolute atomic E-state index is 12.0. The summed E-state index contributed by atoms with van der Waals surface area (Å²) >= 11 is 0. The highest BCUT2D eigenvalue weighted by atomic mass is 16.5. The van der Waals surface area contributed by atoms with Gasteiger partial charge in [-0.05, 0) is 24.1 Å². The summed E-state index contributed by atoms with van der Waals surface area (Å²) in [5, 5.41) is 12.5. The second-order valence-electron chi connectivity index (χ2n) is 8.48. The van der Waals surface area contributed by atoms with E-state index in [0.29, 0.717) is 18.7 Å². The molecule has 0 saturated heterocycles. The number of carbonyl (C=O) groups is 1. The molecule has 0 spiro atoms. The summed E-state index contributed by atoms with van der Waals surface area (Å²) in [7, 11) is 1.52. The topological polar surface area (TPSA) is 58.6 Å². The predicted molar refractivity (Wildman–Crippen MR) is 126 cm³/mol. The number of ether oxygens (including phenoxy) is 1. The second-order valence-corrected chi connectivity index (χ2v) is 8.48. The number of rotatable bonds is 19. The summed E-state index contributed by atoms with van der Waals surface area (Å²) in [6, 6.07) is 5.14. The fourth-order valence-corrected chi connectivity index (χ4v) is 3.78. The summed E-state index contributed by atoms with van der Waals surface area (Å²) in [5.41, 5.74) is 0.925. The molecule has 0 aliphatic heterocycles. The molecule has 0 unspecified atom stereocenters. The van der Waals surface area contributed by atoms with Crippen LogP contribution in [0.3, 0.4) is 0 Å². The Bertz CT molecular complexity index is 559. The third kappa shape index (κ3) is 13.5. The lowest BCUT2D eigenvalue weighted by Crippen LogP contribution is -2.22. The van der Waals surface area contributed by atoms with E-state index in [2.05, 4.69) is 12.2 Å². The van der Waals surface area contributed by atoms with E-state index >= 15 is 0 Å². The van der Waals surface area contributed by atoms with Crippen LogP contribution in [0.4, 0.5) is 0 Å². The number of methoxy groups -OCH3 is 1. The van der Waals surface area contributed by atoms with E-state index in [0.717, 1.165) is 18.4 Å². The molecular formula is C26H45NO3. The van der Waals surface area contributed by atoms with Crippen LogP contribution in [0, 0.1) is 0 Å². The van der Waals surface area contributed by atoms with Gasteiger partial charge >= 0.3 is 0 Å². The maximum atomic E-state index is 12.0. The minimum absolute atomic E-state index is 0.0942. The number of hydrogen-bond donors (Lipinski definition) is 2. The Morgan fingerprint density at radius 2 is 1.33 bits per heavy atom. The molecule has 1 rings (SSSR count). The van der Waals surface area contributed by atoms with Crippen molar-refractivity contribution in [3.63, 3.8) is 0 Å². The zero-order valence-corrected chi connectivity index (χ0v) is 19.5. The van der Waals surface area contributed by atoms with Gasteiger partial charge in [0.2, 0.25) is 5.91 Å². The van der Waals surface area contributed by atoms with Gasteiger partial charge in [0, 0.05) is 13.0 Å². The van der Waals surface area contributed by atoms with E-state index < -0.39 is 0 Å². The molecule has 0 aromatic heterocycles. The molecule has 30 heavy (non-hydrogen) atoms. The van der Waals surface area contributed by atoms with Gasteiger partial charge in [-0.3, -0.25) is 4.79 Å². The normalized spacial score (nSPS) is 10.9. The first kappa shape index (κ1) is 26.3. The Labute approximate surface area is 184 Å². The van der Waals surface area contributed by atoms with Gasteiger partial charge in [0.25, 0.3) is 0 Å². The van der Waals surface area contributed by atoms with Crippen molar-refractivity contribution < 1.29 is 14.6 Å². The summed E-state index contributed by atoms with van der Waals surface area (Å²) < 4.78 is 5.09. The van der Waals surface area contributed by atoms with Crippen LogP contribution in [-0.2, 0) is 11.3 Å². The number of hydrogen-bond acceptors (Lipinski definition) is 3. The molecule has 4 heteroatoms. The molecule has 0 aliphatic rings. The Morgan fingerprint density at radius 3 is 1.83 bits per heavy atom. The molecule has 0 aliphatic carbocycles. The van der Waals surface area contributed by atoms with Gasteiger partial charge in [-0.1, -0.05) is 103 Å². The molecule has 172 valence electrons. The van der Waals surface area contributed by atoms with Crippen LogP contribution in [-0.4, -0.2) is 18.1 Å². The third-order valence-electron chi connectivity index (χ3n) is 5.74. The van der Waals surface area contributed by atoms with E-state index in [-0.39, 0.29) is 11.7 Å². The molecule has 0 radical (unpaired) electrons.